The van der Waals surface area contributed by atoms with E-state index in [-0.39, 0.29) is 11.8 Å². The van der Waals surface area contributed by atoms with E-state index in [1.54, 1.807) is 6.26 Å². The fraction of sp³-hybridized carbons (Fsp3) is 0.400. The molecule has 0 atom stereocenters. The maximum Gasteiger partial charge on any atom is 0.223 e. The summed E-state index contributed by atoms with van der Waals surface area (Å²) >= 11 is 0. The van der Waals surface area contributed by atoms with Crippen molar-refractivity contribution in [3.05, 3.63) is 60.1 Å². The lowest BCUT2D eigenvalue weighted by Crippen LogP contribution is -2.50. The molecule has 2 amide bonds. The lowest BCUT2D eigenvalue weighted by atomic mass is 10.1. The number of hydrogen-bond acceptors (Lipinski definition) is 3. The zero-order valence-corrected chi connectivity index (χ0v) is 14.4. The standard InChI is InChI=1S/C20H24N2O3/c23-19(10-8-17-5-2-1-3-6-17)21-12-14-22(15-13-21)20(24)11-9-18-7-4-16-25-18/h1-7,16H,8-15H2. The van der Waals surface area contributed by atoms with Gasteiger partial charge in [0, 0.05) is 45.4 Å². The number of carbonyl (C=O) groups excluding carboxylic acids is 2. The van der Waals surface area contributed by atoms with Gasteiger partial charge in [-0.2, -0.15) is 0 Å². The summed E-state index contributed by atoms with van der Waals surface area (Å²) in [7, 11) is 0. The number of hydrogen-bond donors (Lipinski definition) is 0. The zero-order valence-electron chi connectivity index (χ0n) is 14.4. The lowest BCUT2D eigenvalue weighted by Gasteiger charge is -2.35. The molecule has 0 unspecified atom stereocenters. The first-order valence-electron chi connectivity index (χ1n) is 8.84. The third kappa shape index (κ3) is 4.95. The Bertz CT molecular complexity index is 674. The number of rotatable bonds is 6. The van der Waals surface area contributed by atoms with Crippen molar-refractivity contribution in [3.8, 4) is 0 Å². The van der Waals surface area contributed by atoms with Crippen LogP contribution in [0.1, 0.15) is 24.2 Å². The summed E-state index contributed by atoms with van der Waals surface area (Å²) in [6.45, 7) is 2.49. The minimum absolute atomic E-state index is 0.132. The van der Waals surface area contributed by atoms with Crippen LogP contribution in [0.4, 0.5) is 0 Å². The fourth-order valence-electron chi connectivity index (χ4n) is 3.10. The summed E-state index contributed by atoms with van der Waals surface area (Å²) in [5, 5.41) is 0. The highest BCUT2D eigenvalue weighted by molar-refractivity contribution is 5.78. The Balaban J connectivity index is 1.38. The van der Waals surface area contributed by atoms with Crippen molar-refractivity contribution in [1.82, 2.24) is 9.80 Å². The van der Waals surface area contributed by atoms with Crippen molar-refractivity contribution in [3.63, 3.8) is 0 Å². The molecule has 2 heterocycles. The maximum absolute atomic E-state index is 12.3. The summed E-state index contributed by atoms with van der Waals surface area (Å²) in [6.07, 6.45) is 4.00. The van der Waals surface area contributed by atoms with E-state index >= 15 is 0 Å². The van der Waals surface area contributed by atoms with Gasteiger partial charge in [0.1, 0.15) is 5.76 Å². The van der Waals surface area contributed by atoms with Gasteiger partial charge in [-0.15, -0.1) is 0 Å². The number of benzene rings is 1. The van der Waals surface area contributed by atoms with Crippen LogP contribution in [-0.2, 0) is 22.4 Å². The Hall–Kier alpha value is -2.56. The van der Waals surface area contributed by atoms with Gasteiger partial charge in [0.25, 0.3) is 0 Å². The van der Waals surface area contributed by atoms with E-state index in [0.717, 1.165) is 12.2 Å². The van der Waals surface area contributed by atoms with Gasteiger partial charge in [-0.1, -0.05) is 30.3 Å². The Kier molecular flexibility index (Phi) is 5.88. The van der Waals surface area contributed by atoms with Gasteiger partial charge >= 0.3 is 0 Å². The zero-order chi connectivity index (χ0) is 17.5. The fourth-order valence-corrected chi connectivity index (χ4v) is 3.10. The summed E-state index contributed by atoms with van der Waals surface area (Å²) in [6, 6.07) is 13.8. The third-order valence-electron chi connectivity index (χ3n) is 4.62. The van der Waals surface area contributed by atoms with E-state index in [0.29, 0.717) is 45.4 Å². The van der Waals surface area contributed by atoms with Crippen molar-refractivity contribution in [2.75, 3.05) is 26.2 Å². The first kappa shape index (κ1) is 17.3. The first-order chi connectivity index (χ1) is 12.2. The van der Waals surface area contributed by atoms with E-state index in [9.17, 15) is 9.59 Å². The number of piperazine rings is 1. The summed E-state index contributed by atoms with van der Waals surface area (Å²) < 4.78 is 5.26. The molecule has 1 aromatic heterocycles. The molecule has 1 fully saturated rings. The van der Waals surface area contributed by atoms with Crippen molar-refractivity contribution in [1.29, 1.82) is 0 Å². The molecule has 1 aliphatic heterocycles. The van der Waals surface area contributed by atoms with E-state index in [2.05, 4.69) is 0 Å². The van der Waals surface area contributed by atoms with E-state index in [4.69, 9.17) is 4.42 Å². The molecule has 0 N–H and O–H groups in total. The molecule has 132 valence electrons. The van der Waals surface area contributed by atoms with Gasteiger partial charge < -0.3 is 14.2 Å². The predicted octanol–water partition coefficient (Wildman–Crippen LogP) is 2.52. The molecule has 5 nitrogen and oxygen atoms in total. The van der Waals surface area contributed by atoms with Crippen LogP contribution in [0.3, 0.4) is 0 Å². The monoisotopic (exact) mass is 340 g/mol. The number of aryl methyl sites for hydroxylation is 2. The van der Waals surface area contributed by atoms with Gasteiger partial charge in [0.05, 0.1) is 6.26 Å². The van der Waals surface area contributed by atoms with Gasteiger partial charge in [0.15, 0.2) is 0 Å². The molecule has 5 heteroatoms. The molecule has 1 saturated heterocycles. The number of nitrogens with zero attached hydrogens (tertiary/aromatic N) is 2. The Morgan fingerprint density at radius 3 is 1.96 bits per heavy atom. The highest BCUT2D eigenvalue weighted by Crippen LogP contribution is 2.10. The van der Waals surface area contributed by atoms with Crippen LogP contribution >= 0.6 is 0 Å². The van der Waals surface area contributed by atoms with Crippen LogP contribution in [0.15, 0.2) is 53.1 Å². The van der Waals surface area contributed by atoms with Crippen molar-refractivity contribution < 1.29 is 14.0 Å². The topological polar surface area (TPSA) is 53.8 Å². The van der Waals surface area contributed by atoms with Gasteiger partial charge in [0.2, 0.25) is 11.8 Å². The second-order valence-corrected chi connectivity index (χ2v) is 6.33. The summed E-state index contributed by atoms with van der Waals surface area (Å²) in [5.41, 5.74) is 1.18. The highest BCUT2D eigenvalue weighted by atomic mass is 16.3. The molecule has 2 aromatic rings. The van der Waals surface area contributed by atoms with Crippen LogP contribution < -0.4 is 0 Å². The number of carbonyl (C=O) groups is 2. The Morgan fingerprint density at radius 1 is 0.800 bits per heavy atom. The molecule has 1 aromatic carbocycles. The van der Waals surface area contributed by atoms with Crippen molar-refractivity contribution >= 4 is 11.8 Å². The number of amides is 2. The second kappa shape index (κ2) is 8.51. The maximum atomic E-state index is 12.3. The Morgan fingerprint density at radius 2 is 1.40 bits per heavy atom. The van der Waals surface area contributed by atoms with Crippen molar-refractivity contribution in [2.45, 2.75) is 25.7 Å². The SMILES string of the molecule is O=C(CCc1ccccc1)N1CCN(C(=O)CCc2ccco2)CC1. The summed E-state index contributed by atoms with van der Waals surface area (Å²) in [4.78, 5) is 28.3. The Labute approximate surface area is 148 Å². The minimum Gasteiger partial charge on any atom is -0.469 e. The molecule has 0 bridgehead atoms. The summed E-state index contributed by atoms with van der Waals surface area (Å²) in [5.74, 6) is 1.14. The molecule has 3 rings (SSSR count). The van der Waals surface area contributed by atoms with Crippen LogP contribution in [-0.4, -0.2) is 47.8 Å². The predicted molar refractivity (Wildman–Crippen MR) is 95.0 cm³/mol. The van der Waals surface area contributed by atoms with Gasteiger partial charge in [-0.05, 0) is 24.1 Å². The number of furan rings is 1. The second-order valence-electron chi connectivity index (χ2n) is 6.33. The van der Waals surface area contributed by atoms with Gasteiger partial charge in [-0.3, -0.25) is 9.59 Å². The quantitative estimate of drug-likeness (QED) is 0.812. The van der Waals surface area contributed by atoms with Crippen LogP contribution in [0.25, 0.3) is 0 Å². The van der Waals surface area contributed by atoms with E-state index in [1.165, 1.54) is 5.56 Å². The molecule has 0 saturated carbocycles. The van der Waals surface area contributed by atoms with E-state index in [1.807, 2.05) is 52.3 Å². The van der Waals surface area contributed by atoms with Gasteiger partial charge in [-0.25, -0.2) is 0 Å². The molecular formula is C20H24N2O3. The lowest BCUT2D eigenvalue weighted by molar-refractivity contribution is -0.139. The van der Waals surface area contributed by atoms with E-state index < -0.39 is 0 Å². The average Bonchev–Trinajstić information content (AvgIpc) is 3.19. The third-order valence-corrected chi connectivity index (χ3v) is 4.62. The highest BCUT2D eigenvalue weighted by Gasteiger charge is 2.23. The smallest absolute Gasteiger partial charge is 0.223 e. The molecule has 0 radical (unpaired) electrons. The van der Waals surface area contributed by atoms with Crippen LogP contribution in [0, 0.1) is 0 Å². The minimum atomic E-state index is 0.132. The average molecular weight is 340 g/mol. The van der Waals surface area contributed by atoms with Crippen LogP contribution in [0.5, 0.6) is 0 Å². The normalized spacial score (nSPS) is 14.6. The van der Waals surface area contributed by atoms with Crippen LogP contribution in [0.2, 0.25) is 0 Å². The molecule has 1 aliphatic rings. The van der Waals surface area contributed by atoms with Crippen molar-refractivity contribution in [2.24, 2.45) is 0 Å². The molecule has 0 spiro atoms. The first-order valence-corrected chi connectivity index (χ1v) is 8.84. The largest absolute Gasteiger partial charge is 0.469 e. The molecule has 25 heavy (non-hydrogen) atoms. The molecule has 0 aliphatic carbocycles. The molecular weight excluding hydrogens is 316 g/mol.